The van der Waals surface area contributed by atoms with Crippen LogP contribution in [0.4, 0.5) is 0 Å². The van der Waals surface area contributed by atoms with E-state index in [1.165, 1.54) is 12.5 Å². The van der Waals surface area contributed by atoms with E-state index in [1.807, 2.05) is 6.07 Å². The molecule has 4 amide bonds. The van der Waals surface area contributed by atoms with Crippen molar-refractivity contribution in [3.63, 3.8) is 0 Å². The van der Waals surface area contributed by atoms with Gasteiger partial charge in [0.25, 0.3) is 0 Å². The molecule has 41 heavy (non-hydrogen) atoms. The van der Waals surface area contributed by atoms with E-state index in [9.17, 15) is 29.1 Å². The van der Waals surface area contributed by atoms with Crippen LogP contribution in [0.15, 0.2) is 47.8 Å². The minimum Gasteiger partial charge on any atom is -0.480 e. The Morgan fingerprint density at radius 3 is 2.12 bits per heavy atom. The maximum absolute atomic E-state index is 13.3. The van der Waals surface area contributed by atoms with Crippen LogP contribution in [0.2, 0.25) is 0 Å². The minimum absolute atomic E-state index is 0.0348. The molecule has 0 aliphatic carbocycles. The second-order valence-corrected chi connectivity index (χ2v) is 9.22. The number of carbonyl (C=O) groups excluding carboxylic acids is 4. The number of aromatic amines is 1. The maximum Gasteiger partial charge on any atom is 0.326 e. The summed E-state index contributed by atoms with van der Waals surface area (Å²) in [5.74, 6) is -4.85. The van der Waals surface area contributed by atoms with Crippen LogP contribution >= 0.6 is 0 Å². The molecule has 0 saturated heterocycles. The molecule has 4 atom stereocenters. The Balaban J connectivity index is 2.14. The number of hydrogen-bond acceptors (Lipinski definition) is 8. The highest BCUT2D eigenvalue weighted by molar-refractivity contribution is 5.96. The van der Waals surface area contributed by atoms with E-state index in [2.05, 4.69) is 30.9 Å². The number of aromatic nitrogens is 2. The molecule has 1 aromatic heterocycles. The zero-order chi connectivity index (χ0) is 30.4. The van der Waals surface area contributed by atoms with E-state index in [0.29, 0.717) is 5.69 Å². The monoisotopic (exact) mass is 572 g/mol. The molecule has 2 rings (SSSR count). The minimum atomic E-state index is -1.53. The van der Waals surface area contributed by atoms with Gasteiger partial charge in [0.05, 0.1) is 18.8 Å². The van der Waals surface area contributed by atoms with Gasteiger partial charge < -0.3 is 49.0 Å². The highest BCUT2D eigenvalue weighted by Crippen LogP contribution is 2.06. The summed E-state index contributed by atoms with van der Waals surface area (Å²) < 4.78 is 0. The highest BCUT2D eigenvalue weighted by atomic mass is 16.4. The van der Waals surface area contributed by atoms with Crippen molar-refractivity contribution >= 4 is 35.6 Å². The summed E-state index contributed by atoms with van der Waals surface area (Å²) in [4.78, 5) is 73.0. The number of carbonyl (C=O) groups is 5. The van der Waals surface area contributed by atoms with Crippen LogP contribution in [0.25, 0.3) is 0 Å². The van der Waals surface area contributed by atoms with Crippen molar-refractivity contribution < 1.29 is 29.1 Å². The standard InChI is InChI=1S/C25H36N10O6/c26-16(9-14-5-2-1-3-6-14)21(37)34-18(10-15-12-30-13-32-15)22(38)35-19(11-20(27)36)23(39)33-17(24(40)41)7-4-8-31-25(28)29/h1-3,5-6,12-13,16-19H,4,7-11,26H2,(H2,27,36)(H,30,32)(H,33,39)(H,34,37)(H,35,38)(H,40,41)(H4,28,29,31). The van der Waals surface area contributed by atoms with Crippen molar-refractivity contribution in [1.29, 1.82) is 0 Å². The van der Waals surface area contributed by atoms with E-state index in [-0.39, 0.29) is 38.2 Å². The lowest BCUT2D eigenvalue weighted by Gasteiger charge is -2.24. The van der Waals surface area contributed by atoms with Crippen molar-refractivity contribution in [1.82, 2.24) is 25.9 Å². The van der Waals surface area contributed by atoms with E-state index in [4.69, 9.17) is 22.9 Å². The third-order valence-electron chi connectivity index (χ3n) is 5.85. The SMILES string of the molecule is NC(=O)CC(NC(=O)C(Cc1cnc[nH]1)NC(=O)C(N)Cc1ccccc1)C(=O)NC(CCCN=C(N)N)C(=O)O. The quantitative estimate of drug-likeness (QED) is 0.0525. The fourth-order valence-corrected chi connectivity index (χ4v) is 3.78. The average Bonchev–Trinajstić information content (AvgIpc) is 3.42. The molecule has 4 unspecified atom stereocenters. The second-order valence-electron chi connectivity index (χ2n) is 9.22. The molecule has 16 nitrogen and oxygen atoms in total. The molecule has 0 bridgehead atoms. The van der Waals surface area contributed by atoms with Gasteiger partial charge in [-0.1, -0.05) is 30.3 Å². The van der Waals surface area contributed by atoms with Gasteiger partial charge in [0.2, 0.25) is 23.6 Å². The van der Waals surface area contributed by atoms with Gasteiger partial charge in [-0.2, -0.15) is 0 Å². The molecule has 1 heterocycles. The number of rotatable bonds is 17. The number of benzene rings is 1. The van der Waals surface area contributed by atoms with Gasteiger partial charge in [-0.15, -0.1) is 0 Å². The molecule has 0 radical (unpaired) electrons. The number of nitrogens with one attached hydrogen (secondary N) is 4. The van der Waals surface area contributed by atoms with E-state index >= 15 is 0 Å². The third kappa shape index (κ3) is 11.7. The number of H-pyrrole nitrogens is 1. The van der Waals surface area contributed by atoms with Crippen molar-refractivity contribution in [2.75, 3.05) is 6.54 Å². The first-order chi connectivity index (χ1) is 19.5. The Bertz CT molecular complexity index is 1200. The molecule has 2 aromatic rings. The van der Waals surface area contributed by atoms with Crippen molar-refractivity contribution in [2.24, 2.45) is 27.9 Å². The van der Waals surface area contributed by atoms with Crippen molar-refractivity contribution in [2.45, 2.75) is 56.3 Å². The Hall–Kier alpha value is -4.99. The van der Waals surface area contributed by atoms with Crippen molar-refractivity contribution in [3.05, 3.63) is 54.1 Å². The molecule has 1 aromatic carbocycles. The molecule has 0 spiro atoms. The van der Waals surface area contributed by atoms with Crippen LogP contribution < -0.4 is 38.9 Å². The summed E-state index contributed by atoms with van der Waals surface area (Å²) >= 11 is 0. The Morgan fingerprint density at radius 1 is 0.902 bits per heavy atom. The molecule has 13 N–H and O–H groups in total. The fraction of sp³-hybridized carbons (Fsp3) is 0.400. The summed E-state index contributed by atoms with van der Waals surface area (Å²) in [5.41, 5.74) is 23.2. The van der Waals surface area contributed by atoms with Gasteiger partial charge in [-0.3, -0.25) is 24.2 Å². The summed E-state index contributed by atoms with van der Waals surface area (Å²) in [6.07, 6.45) is 2.55. The van der Waals surface area contributed by atoms with Crippen LogP contribution in [-0.4, -0.2) is 81.3 Å². The normalized spacial score (nSPS) is 13.6. The lowest BCUT2D eigenvalue weighted by Crippen LogP contribution is -2.58. The van der Waals surface area contributed by atoms with Crippen LogP contribution in [0.5, 0.6) is 0 Å². The Morgan fingerprint density at radius 2 is 1.54 bits per heavy atom. The number of amides is 4. The molecular formula is C25H36N10O6. The first-order valence-corrected chi connectivity index (χ1v) is 12.7. The molecular weight excluding hydrogens is 536 g/mol. The summed E-state index contributed by atoms with van der Waals surface area (Å²) in [7, 11) is 0. The number of hydrogen-bond donors (Lipinski definition) is 9. The van der Waals surface area contributed by atoms with Crippen LogP contribution in [0, 0.1) is 0 Å². The number of imidazole rings is 1. The number of carboxylic acid groups (broad SMARTS) is 1. The molecule has 0 saturated carbocycles. The zero-order valence-electron chi connectivity index (χ0n) is 22.3. The highest BCUT2D eigenvalue weighted by Gasteiger charge is 2.31. The lowest BCUT2D eigenvalue weighted by atomic mass is 10.0. The van der Waals surface area contributed by atoms with Crippen molar-refractivity contribution in [3.8, 4) is 0 Å². The predicted octanol–water partition coefficient (Wildman–Crippen LogP) is -3.01. The summed E-state index contributed by atoms with van der Waals surface area (Å²) in [6.45, 7) is 0.130. The molecule has 0 aliphatic heterocycles. The number of guanidine groups is 1. The number of aliphatic imine (C=N–C) groups is 1. The maximum atomic E-state index is 13.3. The predicted molar refractivity (Wildman–Crippen MR) is 148 cm³/mol. The largest absolute Gasteiger partial charge is 0.480 e. The average molecular weight is 573 g/mol. The summed E-state index contributed by atoms with van der Waals surface area (Å²) in [6, 6.07) is 3.93. The van der Waals surface area contributed by atoms with Gasteiger partial charge in [-0.05, 0) is 24.8 Å². The van der Waals surface area contributed by atoms with Gasteiger partial charge in [0.15, 0.2) is 5.96 Å². The number of nitrogens with zero attached hydrogens (tertiary/aromatic N) is 2. The van der Waals surface area contributed by atoms with Crippen LogP contribution in [0.3, 0.4) is 0 Å². The van der Waals surface area contributed by atoms with Gasteiger partial charge in [0, 0.05) is 24.9 Å². The van der Waals surface area contributed by atoms with E-state index in [0.717, 1.165) is 5.56 Å². The number of carboxylic acids is 1. The smallest absolute Gasteiger partial charge is 0.326 e. The molecule has 0 fully saturated rings. The first kappa shape index (κ1) is 32.2. The van der Waals surface area contributed by atoms with Gasteiger partial charge >= 0.3 is 5.97 Å². The number of primary amides is 1. The lowest BCUT2D eigenvalue weighted by molar-refractivity contribution is -0.142. The fourth-order valence-electron chi connectivity index (χ4n) is 3.78. The Kier molecular flexibility index (Phi) is 12.7. The van der Waals surface area contributed by atoms with E-state index in [1.54, 1.807) is 24.3 Å². The number of nitrogens with two attached hydrogens (primary N) is 4. The first-order valence-electron chi connectivity index (χ1n) is 12.7. The van der Waals surface area contributed by atoms with Gasteiger partial charge in [-0.25, -0.2) is 9.78 Å². The van der Waals surface area contributed by atoms with Crippen LogP contribution in [0.1, 0.15) is 30.5 Å². The molecule has 16 heteroatoms. The van der Waals surface area contributed by atoms with Gasteiger partial charge in [0.1, 0.15) is 18.1 Å². The Labute approximate surface area is 235 Å². The summed E-state index contributed by atoms with van der Waals surface area (Å²) in [5, 5.41) is 16.8. The topological polar surface area (TPSA) is 287 Å². The van der Waals surface area contributed by atoms with E-state index < -0.39 is 60.2 Å². The molecule has 0 aliphatic rings. The third-order valence-corrected chi connectivity index (χ3v) is 5.85. The molecule has 222 valence electrons. The zero-order valence-corrected chi connectivity index (χ0v) is 22.3. The second kappa shape index (κ2) is 16.2. The van der Waals surface area contributed by atoms with Crippen LogP contribution in [-0.2, 0) is 36.8 Å². The number of aliphatic carboxylic acids is 1.